The van der Waals surface area contributed by atoms with Crippen molar-refractivity contribution in [2.24, 2.45) is 0 Å². The number of carbonyl (C=O) groups excluding carboxylic acids is 1. The number of thiophene rings is 1. The van der Waals surface area contributed by atoms with E-state index < -0.39 is 0 Å². The molecule has 2 aliphatic rings. The van der Waals surface area contributed by atoms with Gasteiger partial charge in [0, 0.05) is 75.7 Å². The SMILES string of the molecule is CN(C)C(=O)CN1CCN(Cc2cc3c(N4CCOCC4)nc(-c4cccc5[nH]ncc45)nc3s2)CC1. The van der Waals surface area contributed by atoms with E-state index in [4.69, 9.17) is 14.7 Å². The summed E-state index contributed by atoms with van der Waals surface area (Å²) in [5.74, 6) is 1.88. The monoisotopic (exact) mass is 520 g/mol. The van der Waals surface area contributed by atoms with E-state index in [1.54, 1.807) is 16.2 Å². The number of rotatable bonds is 6. The first-order valence-electron chi connectivity index (χ1n) is 12.8. The summed E-state index contributed by atoms with van der Waals surface area (Å²) in [6.45, 7) is 8.13. The number of carbonyl (C=O) groups is 1. The van der Waals surface area contributed by atoms with Gasteiger partial charge in [-0.2, -0.15) is 5.10 Å². The lowest BCUT2D eigenvalue weighted by molar-refractivity contribution is -0.130. The molecule has 10 nitrogen and oxygen atoms in total. The van der Waals surface area contributed by atoms with E-state index in [2.05, 4.69) is 37.0 Å². The fourth-order valence-corrected chi connectivity index (χ4v) is 6.06. The molecule has 11 heteroatoms. The molecule has 194 valence electrons. The van der Waals surface area contributed by atoms with Crippen LogP contribution < -0.4 is 4.90 Å². The van der Waals surface area contributed by atoms with Gasteiger partial charge < -0.3 is 14.5 Å². The zero-order valence-corrected chi connectivity index (χ0v) is 22.1. The Labute approximate surface area is 219 Å². The van der Waals surface area contributed by atoms with Gasteiger partial charge in [0.25, 0.3) is 0 Å². The van der Waals surface area contributed by atoms with Gasteiger partial charge in [-0.05, 0) is 12.1 Å². The van der Waals surface area contributed by atoms with E-state index in [1.165, 1.54) is 4.88 Å². The van der Waals surface area contributed by atoms with Gasteiger partial charge >= 0.3 is 0 Å². The minimum absolute atomic E-state index is 0.161. The minimum Gasteiger partial charge on any atom is -0.378 e. The Morgan fingerprint density at radius 3 is 2.62 bits per heavy atom. The summed E-state index contributed by atoms with van der Waals surface area (Å²) < 4.78 is 5.62. The van der Waals surface area contributed by atoms with Crippen molar-refractivity contribution in [2.45, 2.75) is 6.54 Å². The number of morpholine rings is 1. The second-order valence-corrected chi connectivity index (χ2v) is 11.0. The van der Waals surface area contributed by atoms with Crippen LogP contribution in [0.2, 0.25) is 0 Å². The third-order valence-corrected chi connectivity index (χ3v) is 8.18. The molecule has 0 unspecified atom stereocenters. The molecule has 2 fully saturated rings. The standard InChI is InChI=1S/C26H32N8O2S/c1-31(2)23(35)17-33-8-6-32(7-9-33)16-18-14-20-25(34-10-12-36-13-11-34)28-24(29-26(20)37-18)19-4-3-5-22-21(19)15-27-30-22/h3-5,14-15H,6-13,16-17H2,1-2H3,(H,27,30). The van der Waals surface area contributed by atoms with Crippen LogP contribution in [0.1, 0.15) is 4.88 Å². The number of ether oxygens (including phenoxy) is 1. The van der Waals surface area contributed by atoms with Crippen LogP contribution in [0.5, 0.6) is 0 Å². The predicted molar refractivity (Wildman–Crippen MR) is 146 cm³/mol. The number of fused-ring (bicyclic) bond motifs is 2. The number of hydrogen-bond donors (Lipinski definition) is 1. The molecule has 0 radical (unpaired) electrons. The Bertz CT molecular complexity index is 1400. The number of nitrogens with zero attached hydrogens (tertiary/aromatic N) is 7. The van der Waals surface area contributed by atoms with Crippen LogP contribution in [-0.2, 0) is 16.1 Å². The number of H-pyrrole nitrogens is 1. The summed E-state index contributed by atoms with van der Waals surface area (Å²) in [5, 5.41) is 9.42. The quantitative estimate of drug-likeness (QED) is 0.414. The van der Waals surface area contributed by atoms with E-state index in [-0.39, 0.29) is 5.91 Å². The topological polar surface area (TPSA) is 93.7 Å². The molecule has 1 aromatic carbocycles. The fourth-order valence-electron chi connectivity index (χ4n) is 4.99. The molecule has 2 saturated heterocycles. The third kappa shape index (κ3) is 5.04. The number of aromatic amines is 1. The second-order valence-electron chi connectivity index (χ2n) is 9.88. The van der Waals surface area contributed by atoms with Crippen molar-refractivity contribution in [2.75, 3.05) is 78.0 Å². The summed E-state index contributed by atoms with van der Waals surface area (Å²) in [7, 11) is 3.63. The van der Waals surface area contributed by atoms with Crippen molar-refractivity contribution in [1.82, 2.24) is 34.9 Å². The van der Waals surface area contributed by atoms with E-state index in [1.807, 2.05) is 32.4 Å². The highest BCUT2D eigenvalue weighted by Crippen LogP contribution is 2.35. The van der Waals surface area contributed by atoms with Gasteiger partial charge in [-0.15, -0.1) is 11.3 Å². The first-order valence-corrected chi connectivity index (χ1v) is 13.6. The molecule has 37 heavy (non-hydrogen) atoms. The molecule has 0 aliphatic carbocycles. The summed E-state index contributed by atoms with van der Waals surface area (Å²) >= 11 is 1.75. The van der Waals surface area contributed by atoms with Gasteiger partial charge in [0.1, 0.15) is 10.6 Å². The Hall–Kier alpha value is -3.12. The number of piperazine rings is 1. The lowest BCUT2D eigenvalue weighted by Crippen LogP contribution is -2.48. The molecule has 4 aromatic rings. The normalized spacial score (nSPS) is 17.6. The molecule has 1 amide bonds. The van der Waals surface area contributed by atoms with Crippen LogP contribution in [0.4, 0.5) is 5.82 Å². The lowest BCUT2D eigenvalue weighted by Gasteiger charge is -2.34. The summed E-state index contributed by atoms with van der Waals surface area (Å²) in [5.41, 5.74) is 1.97. The van der Waals surface area contributed by atoms with Crippen molar-refractivity contribution in [3.63, 3.8) is 0 Å². The van der Waals surface area contributed by atoms with Crippen LogP contribution in [0.25, 0.3) is 32.5 Å². The first kappa shape index (κ1) is 24.2. The summed E-state index contributed by atoms with van der Waals surface area (Å²) in [6, 6.07) is 8.38. The molecule has 0 saturated carbocycles. The van der Waals surface area contributed by atoms with Crippen molar-refractivity contribution in [3.05, 3.63) is 35.3 Å². The first-order chi connectivity index (χ1) is 18.0. The van der Waals surface area contributed by atoms with E-state index in [9.17, 15) is 4.79 Å². The van der Waals surface area contributed by atoms with Gasteiger partial charge in [0.15, 0.2) is 5.82 Å². The number of anilines is 1. The third-order valence-electron chi connectivity index (χ3n) is 7.16. The van der Waals surface area contributed by atoms with Crippen molar-refractivity contribution in [1.29, 1.82) is 0 Å². The predicted octanol–water partition coefficient (Wildman–Crippen LogP) is 2.28. The molecule has 0 spiro atoms. The Balaban J connectivity index is 1.28. The van der Waals surface area contributed by atoms with E-state index >= 15 is 0 Å². The maximum absolute atomic E-state index is 12.1. The van der Waals surface area contributed by atoms with Crippen LogP contribution in [0.15, 0.2) is 30.5 Å². The average molecular weight is 521 g/mol. The van der Waals surface area contributed by atoms with E-state index in [0.29, 0.717) is 19.8 Å². The van der Waals surface area contributed by atoms with Crippen molar-refractivity contribution >= 4 is 44.2 Å². The second kappa shape index (κ2) is 10.3. The summed E-state index contributed by atoms with van der Waals surface area (Å²) in [6.07, 6.45) is 1.85. The molecule has 0 bridgehead atoms. The Kier molecular flexibility index (Phi) is 6.76. The molecule has 1 N–H and O–H groups in total. The number of hydrogen-bond acceptors (Lipinski definition) is 9. The van der Waals surface area contributed by atoms with Crippen molar-refractivity contribution in [3.8, 4) is 11.4 Å². The molecule has 3 aromatic heterocycles. The zero-order chi connectivity index (χ0) is 25.4. The highest BCUT2D eigenvalue weighted by Gasteiger charge is 2.23. The van der Waals surface area contributed by atoms with Gasteiger partial charge in [0.2, 0.25) is 5.91 Å². The number of aromatic nitrogens is 4. The largest absolute Gasteiger partial charge is 0.378 e. The molecule has 0 atom stereocenters. The van der Waals surface area contributed by atoms with Crippen LogP contribution in [0, 0.1) is 0 Å². The maximum atomic E-state index is 12.1. The molecular formula is C26H32N8O2S. The highest BCUT2D eigenvalue weighted by molar-refractivity contribution is 7.18. The maximum Gasteiger partial charge on any atom is 0.236 e. The van der Waals surface area contributed by atoms with Crippen molar-refractivity contribution < 1.29 is 9.53 Å². The number of likely N-dealkylation sites (N-methyl/N-ethyl adjacent to an activating group) is 1. The molecule has 6 rings (SSSR count). The van der Waals surface area contributed by atoms with Gasteiger partial charge in [0.05, 0.1) is 36.9 Å². The van der Waals surface area contributed by atoms with Crippen LogP contribution in [0.3, 0.4) is 0 Å². The zero-order valence-electron chi connectivity index (χ0n) is 21.3. The summed E-state index contributed by atoms with van der Waals surface area (Å²) in [4.78, 5) is 33.2. The highest BCUT2D eigenvalue weighted by atomic mass is 32.1. The van der Waals surface area contributed by atoms with Gasteiger partial charge in [-0.3, -0.25) is 19.7 Å². The minimum atomic E-state index is 0.161. The Morgan fingerprint density at radius 1 is 1.05 bits per heavy atom. The average Bonchev–Trinajstić information content (AvgIpc) is 3.56. The van der Waals surface area contributed by atoms with Crippen LogP contribution >= 0.6 is 11.3 Å². The number of nitrogens with one attached hydrogen (secondary N) is 1. The lowest BCUT2D eigenvalue weighted by atomic mass is 10.1. The smallest absolute Gasteiger partial charge is 0.236 e. The molecule has 2 aliphatic heterocycles. The Morgan fingerprint density at radius 2 is 1.84 bits per heavy atom. The molecule has 5 heterocycles. The van der Waals surface area contributed by atoms with Gasteiger partial charge in [-0.1, -0.05) is 12.1 Å². The molecular weight excluding hydrogens is 488 g/mol. The number of benzene rings is 1. The van der Waals surface area contributed by atoms with Gasteiger partial charge in [-0.25, -0.2) is 9.97 Å². The fraction of sp³-hybridized carbons (Fsp3) is 0.462. The number of amides is 1. The van der Waals surface area contributed by atoms with Crippen LogP contribution in [-0.4, -0.2) is 114 Å². The van der Waals surface area contributed by atoms with E-state index in [0.717, 1.165) is 84.1 Å².